The number of hydrogen-bond donors (Lipinski definition) is 3. The highest BCUT2D eigenvalue weighted by Gasteiger charge is 2.10. The Hall–Kier alpha value is -2.82. The highest BCUT2D eigenvalue weighted by molar-refractivity contribution is 5.98. The van der Waals surface area contributed by atoms with E-state index in [9.17, 15) is 9.59 Å². The fraction of sp³-hybridized carbons (Fsp3) is 0.300. The first-order chi connectivity index (χ1) is 12.0. The van der Waals surface area contributed by atoms with Crippen molar-refractivity contribution in [1.29, 1.82) is 0 Å². The number of amides is 2. The molecule has 3 N–H and O–H groups in total. The van der Waals surface area contributed by atoms with E-state index in [-0.39, 0.29) is 24.4 Å². The zero-order valence-corrected chi connectivity index (χ0v) is 14.9. The molecule has 0 spiro atoms. The summed E-state index contributed by atoms with van der Waals surface area (Å²) in [6, 6.07) is 14.9. The second kappa shape index (κ2) is 8.87. The fourth-order valence-electron chi connectivity index (χ4n) is 2.29. The van der Waals surface area contributed by atoms with E-state index in [1.54, 1.807) is 24.3 Å². The molecule has 1 unspecified atom stereocenters. The third kappa shape index (κ3) is 5.95. The largest absolute Gasteiger partial charge is 0.376 e. The molecule has 0 saturated carbocycles. The van der Waals surface area contributed by atoms with Crippen LogP contribution in [0.1, 0.15) is 36.2 Å². The zero-order valence-electron chi connectivity index (χ0n) is 14.9. The Bertz CT molecular complexity index is 743. The van der Waals surface area contributed by atoms with Gasteiger partial charge in [0.25, 0.3) is 5.91 Å². The first-order valence-electron chi connectivity index (χ1n) is 8.49. The van der Waals surface area contributed by atoms with Crippen molar-refractivity contribution in [3.63, 3.8) is 0 Å². The smallest absolute Gasteiger partial charge is 0.251 e. The van der Waals surface area contributed by atoms with E-state index in [1.165, 1.54) is 0 Å². The van der Waals surface area contributed by atoms with Gasteiger partial charge in [0.1, 0.15) is 0 Å². The molecule has 0 aliphatic carbocycles. The molecule has 0 bridgehead atoms. The molecule has 0 aliphatic heterocycles. The summed E-state index contributed by atoms with van der Waals surface area (Å²) in [6.07, 6.45) is 0.868. The van der Waals surface area contributed by atoms with Gasteiger partial charge in [-0.2, -0.15) is 0 Å². The molecule has 0 fully saturated rings. The van der Waals surface area contributed by atoms with E-state index < -0.39 is 0 Å². The molecule has 2 rings (SSSR count). The third-order valence-electron chi connectivity index (χ3n) is 3.87. The summed E-state index contributed by atoms with van der Waals surface area (Å²) in [5.74, 6) is -0.302. The molecule has 5 heteroatoms. The van der Waals surface area contributed by atoms with Crippen LogP contribution in [0, 0.1) is 6.92 Å². The number of nitrogens with one attached hydrogen (secondary N) is 3. The van der Waals surface area contributed by atoms with Crippen LogP contribution in [0.5, 0.6) is 0 Å². The first-order valence-corrected chi connectivity index (χ1v) is 8.49. The Labute approximate surface area is 148 Å². The van der Waals surface area contributed by atoms with Gasteiger partial charge in [0.15, 0.2) is 0 Å². The van der Waals surface area contributed by atoms with Gasteiger partial charge in [0.05, 0.1) is 6.54 Å². The third-order valence-corrected chi connectivity index (χ3v) is 3.87. The molecule has 1 atom stereocenters. The summed E-state index contributed by atoms with van der Waals surface area (Å²) in [5, 5.41) is 8.81. The van der Waals surface area contributed by atoms with Crippen LogP contribution in [0.4, 0.5) is 11.4 Å². The lowest BCUT2D eigenvalue weighted by Gasteiger charge is -2.12. The van der Waals surface area contributed by atoms with Crippen LogP contribution in [0.3, 0.4) is 0 Å². The number of carbonyl (C=O) groups is 2. The van der Waals surface area contributed by atoms with Crippen molar-refractivity contribution in [2.45, 2.75) is 33.2 Å². The van der Waals surface area contributed by atoms with Crippen molar-refractivity contribution in [2.75, 3.05) is 17.2 Å². The normalized spacial score (nSPS) is 11.5. The average molecular weight is 339 g/mol. The van der Waals surface area contributed by atoms with Crippen LogP contribution in [-0.2, 0) is 4.79 Å². The van der Waals surface area contributed by atoms with Gasteiger partial charge in [0.2, 0.25) is 5.91 Å². The minimum Gasteiger partial charge on any atom is -0.376 e. The van der Waals surface area contributed by atoms with Crippen molar-refractivity contribution in [1.82, 2.24) is 5.32 Å². The highest BCUT2D eigenvalue weighted by Crippen LogP contribution is 2.12. The van der Waals surface area contributed by atoms with E-state index in [0.717, 1.165) is 17.7 Å². The fourth-order valence-corrected chi connectivity index (χ4v) is 2.29. The van der Waals surface area contributed by atoms with E-state index in [0.29, 0.717) is 11.3 Å². The van der Waals surface area contributed by atoms with Gasteiger partial charge in [-0.25, -0.2) is 0 Å². The molecule has 132 valence electrons. The Balaban J connectivity index is 1.92. The molecular weight excluding hydrogens is 314 g/mol. The van der Waals surface area contributed by atoms with Gasteiger partial charge >= 0.3 is 0 Å². The second-order valence-corrected chi connectivity index (χ2v) is 6.13. The Morgan fingerprint density at radius 2 is 1.76 bits per heavy atom. The Kier molecular flexibility index (Phi) is 6.57. The highest BCUT2D eigenvalue weighted by atomic mass is 16.2. The predicted octanol–water partition coefficient (Wildman–Crippen LogP) is 3.57. The molecule has 2 amide bonds. The van der Waals surface area contributed by atoms with E-state index >= 15 is 0 Å². The number of anilines is 2. The number of rotatable bonds is 7. The average Bonchev–Trinajstić information content (AvgIpc) is 2.60. The molecule has 5 nitrogen and oxygen atoms in total. The molecule has 2 aromatic rings. The quantitative estimate of drug-likeness (QED) is 0.722. The monoisotopic (exact) mass is 339 g/mol. The minimum atomic E-state index is -0.166. The van der Waals surface area contributed by atoms with Crippen LogP contribution in [-0.4, -0.2) is 24.4 Å². The van der Waals surface area contributed by atoms with E-state index in [1.807, 2.05) is 45.0 Å². The lowest BCUT2D eigenvalue weighted by atomic mass is 10.1. The maximum absolute atomic E-state index is 12.2. The standard InChI is InChI=1S/C20H25N3O2/c1-4-15(3)22-20(25)16-8-6-10-18(12-16)23-19(24)13-21-17-9-5-7-14(2)11-17/h5-12,15,21H,4,13H2,1-3H3,(H,22,25)(H,23,24). The molecular formula is C20H25N3O2. The summed E-state index contributed by atoms with van der Waals surface area (Å²) < 4.78 is 0. The van der Waals surface area contributed by atoms with E-state index in [2.05, 4.69) is 16.0 Å². The van der Waals surface area contributed by atoms with Crippen molar-refractivity contribution in [3.8, 4) is 0 Å². The molecule has 0 radical (unpaired) electrons. The van der Waals surface area contributed by atoms with Crippen LogP contribution in [0.25, 0.3) is 0 Å². The summed E-state index contributed by atoms with van der Waals surface area (Å²) >= 11 is 0. The minimum absolute atomic E-state index is 0.115. The van der Waals surface area contributed by atoms with E-state index in [4.69, 9.17) is 0 Å². The van der Waals surface area contributed by atoms with Gasteiger partial charge in [-0.05, 0) is 56.2 Å². The summed E-state index contributed by atoms with van der Waals surface area (Å²) in [4.78, 5) is 24.3. The van der Waals surface area contributed by atoms with Gasteiger partial charge in [-0.3, -0.25) is 9.59 Å². The van der Waals surface area contributed by atoms with Crippen molar-refractivity contribution < 1.29 is 9.59 Å². The maximum atomic E-state index is 12.2. The summed E-state index contributed by atoms with van der Waals surface area (Å²) in [5.41, 5.74) is 3.17. The molecule has 0 saturated heterocycles. The lowest BCUT2D eigenvalue weighted by Crippen LogP contribution is -2.32. The van der Waals surface area contributed by atoms with Crippen molar-refractivity contribution >= 4 is 23.2 Å². The topological polar surface area (TPSA) is 70.2 Å². The molecule has 0 aliphatic rings. The van der Waals surface area contributed by atoms with Crippen LogP contribution in [0.15, 0.2) is 48.5 Å². The van der Waals surface area contributed by atoms with Crippen LogP contribution in [0.2, 0.25) is 0 Å². The molecule has 25 heavy (non-hydrogen) atoms. The van der Waals surface area contributed by atoms with Gasteiger partial charge in [0, 0.05) is 23.0 Å². The Morgan fingerprint density at radius 3 is 2.48 bits per heavy atom. The van der Waals surface area contributed by atoms with Crippen molar-refractivity contribution in [2.24, 2.45) is 0 Å². The molecule has 0 heterocycles. The van der Waals surface area contributed by atoms with Crippen molar-refractivity contribution in [3.05, 3.63) is 59.7 Å². The maximum Gasteiger partial charge on any atom is 0.251 e. The second-order valence-electron chi connectivity index (χ2n) is 6.13. The summed E-state index contributed by atoms with van der Waals surface area (Å²) in [6.45, 7) is 6.14. The van der Waals surface area contributed by atoms with Crippen LogP contribution >= 0.6 is 0 Å². The molecule has 0 aromatic heterocycles. The van der Waals surface area contributed by atoms with Gasteiger partial charge in [-0.1, -0.05) is 25.1 Å². The van der Waals surface area contributed by atoms with Gasteiger partial charge < -0.3 is 16.0 Å². The first kappa shape index (κ1) is 18.5. The van der Waals surface area contributed by atoms with Crippen LogP contribution < -0.4 is 16.0 Å². The predicted molar refractivity (Wildman–Crippen MR) is 102 cm³/mol. The van der Waals surface area contributed by atoms with Gasteiger partial charge in [-0.15, -0.1) is 0 Å². The number of carbonyl (C=O) groups excluding carboxylic acids is 2. The SMILES string of the molecule is CCC(C)NC(=O)c1cccc(NC(=O)CNc2cccc(C)c2)c1. The lowest BCUT2D eigenvalue weighted by molar-refractivity contribution is -0.114. The zero-order chi connectivity index (χ0) is 18.2. The summed E-state index contributed by atoms with van der Waals surface area (Å²) in [7, 11) is 0. The number of hydrogen-bond acceptors (Lipinski definition) is 3. The number of aryl methyl sites for hydroxylation is 1. The number of benzene rings is 2. The Morgan fingerprint density at radius 1 is 1.04 bits per heavy atom. The molecule has 2 aromatic carbocycles.